The molecule has 2 aromatic carbocycles. The third kappa shape index (κ3) is 5.57. The number of benzene rings is 2. The van der Waals surface area contributed by atoms with E-state index in [4.69, 9.17) is 9.47 Å². The number of nitrogens with zero attached hydrogens (tertiary/aromatic N) is 2. The first kappa shape index (κ1) is 25.8. The summed E-state index contributed by atoms with van der Waals surface area (Å²) in [6.07, 6.45) is 0.797. The summed E-state index contributed by atoms with van der Waals surface area (Å²) in [7, 11) is 1.61. The zero-order valence-corrected chi connectivity index (χ0v) is 22.4. The van der Waals surface area contributed by atoms with E-state index < -0.39 is 5.54 Å². The van der Waals surface area contributed by atoms with Crippen LogP contribution >= 0.6 is 11.3 Å². The highest BCUT2D eigenvalue weighted by molar-refractivity contribution is 7.10. The van der Waals surface area contributed by atoms with E-state index in [1.165, 1.54) is 4.88 Å². The van der Waals surface area contributed by atoms with Crippen molar-refractivity contribution < 1.29 is 19.1 Å². The Labute approximate surface area is 217 Å². The molecule has 1 atom stereocenters. The fourth-order valence-electron chi connectivity index (χ4n) is 4.47. The standard InChI is InChI=1S/C29H34N2O4S/c1-20-10-12-21(13-11-20)28(33)31(29(2,3)4)18-27(32)30-16-14-26-22(15-17-36-26)23(30)19-35-25-9-7-6-8-24(25)34-5/h6-13,15,17,23H,14,16,18-19H2,1-5H3/t23-/m1/s1. The second kappa shape index (κ2) is 10.7. The smallest absolute Gasteiger partial charge is 0.254 e. The Morgan fingerprint density at radius 2 is 1.75 bits per heavy atom. The molecular weight excluding hydrogens is 472 g/mol. The third-order valence-corrected chi connectivity index (χ3v) is 7.52. The van der Waals surface area contributed by atoms with Crippen molar-refractivity contribution in [2.24, 2.45) is 0 Å². The van der Waals surface area contributed by atoms with E-state index in [2.05, 4.69) is 11.4 Å². The molecule has 2 amide bonds. The number of carbonyl (C=O) groups excluding carboxylic acids is 2. The molecule has 3 aromatic rings. The molecule has 1 aliphatic heterocycles. The minimum atomic E-state index is -0.523. The van der Waals surface area contributed by atoms with Gasteiger partial charge in [0.15, 0.2) is 11.5 Å². The number of fused-ring (bicyclic) bond motifs is 1. The number of methoxy groups -OCH3 is 1. The van der Waals surface area contributed by atoms with Crippen molar-refractivity contribution in [3.63, 3.8) is 0 Å². The second-order valence-corrected chi connectivity index (χ2v) is 11.0. The van der Waals surface area contributed by atoms with Gasteiger partial charge in [-0.2, -0.15) is 0 Å². The summed E-state index contributed by atoms with van der Waals surface area (Å²) in [6, 6.07) is 16.8. The van der Waals surface area contributed by atoms with Gasteiger partial charge < -0.3 is 19.3 Å². The Hall–Kier alpha value is -3.32. The van der Waals surface area contributed by atoms with Crippen LogP contribution in [0.3, 0.4) is 0 Å². The average Bonchev–Trinajstić information content (AvgIpc) is 3.34. The molecule has 190 valence electrons. The first-order valence-corrected chi connectivity index (χ1v) is 13.1. The highest BCUT2D eigenvalue weighted by Gasteiger charge is 2.36. The number of thiophene rings is 1. The van der Waals surface area contributed by atoms with Crippen molar-refractivity contribution >= 4 is 23.2 Å². The maximum atomic E-state index is 13.8. The summed E-state index contributed by atoms with van der Waals surface area (Å²) in [5.74, 6) is 1.06. The van der Waals surface area contributed by atoms with Crippen molar-refractivity contribution in [3.8, 4) is 11.5 Å². The highest BCUT2D eigenvalue weighted by Crippen LogP contribution is 2.35. The monoisotopic (exact) mass is 506 g/mol. The van der Waals surface area contributed by atoms with Gasteiger partial charge in [-0.15, -0.1) is 11.3 Å². The van der Waals surface area contributed by atoms with Crippen molar-refractivity contribution in [2.45, 2.75) is 45.7 Å². The molecule has 0 spiro atoms. The zero-order chi connectivity index (χ0) is 25.9. The first-order chi connectivity index (χ1) is 17.2. The normalized spacial score (nSPS) is 15.2. The molecule has 0 unspecified atom stereocenters. The predicted molar refractivity (Wildman–Crippen MR) is 143 cm³/mol. The molecule has 36 heavy (non-hydrogen) atoms. The lowest BCUT2D eigenvalue weighted by atomic mass is 9.99. The van der Waals surface area contributed by atoms with Gasteiger partial charge in [-0.25, -0.2) is 0 Å². The molecule has 0 bridgehead atoms. The van der Waals surface area contributed by atoms with Crippen LogP contribution < -0.4 is 9.47 Å². The maximum absolute atomic E-state index is 13.8. The van der Waals surface area contributed by atoms with Gasteiger partial charge in [0, 0.05) is 22.5 Å². The largest absolute Gasteiger partial charge is 0.493 e. The summed E-state index contributed by atoms with van der Waals surface area (Å²) in [4.78, 5) is 32.0. The molecule has 1 aliphatic rings. The molecule has 6 nitrogen and oxygen atoms in total. The quantitative estimate of drug-likeness (QED) is 0.424. The summed E-state index contributed by atoms with van der Waals surface area (Å²) < 4.78 is 11.6. The molecular formula is C29H34N2O4S. The average molecular weight is 507 g/mol. The second-order valence-electron chi connectivity index (χ2n) is 10.0. The Kier molecular flexibility index (Phi) is 7.69. The van der Waals surface area contributed by atoms with Crippen LogP contribution in [0.2, 0.25) is 0 Å². The fraction of sp³-hybridized carbons (Fsp3) is 0.379. The van der Waals surface area contributed by atoms with Gasteiger partial charge in [0.25, 0.3) is 5.91 Å². The van der Waals surface area contributed by atoms with Crippen molar-refractivity contribution in [1.82, 2.24) is 9.80 Å². The predicted octanol–water partition coefficient (Wildman–Crippen LogP) is 5.51. The van der Waals surface area contributed by atoms with Gasteiger partial charge in [-0.3, -0.25) is 9.59 Å². The molecule has 0 fully saturated rings. The molecule has 2 heterocycles. The van der Waals surface area contributed by atoms with E-state index >= 15 is 0 Å². The van der Waals surface area contributed by atoms with Crippen LogP contribution in [0.25, 0.3) is 0 Å². The molecule has 0 saturated heterocycles. The number of para-hydroxylation sites is 2. The molecule has 0 N–H and O–H groups in total. The third-order valence-electron chi connectivity index (χ3n) is 6.53. The fourth-order valence-corrected chi connectivity index (χ4v) is 5.40. The molecule has 7 heteroatoms. The number of carbonyl (C=O) groups is 2. The van der Waals surface area contributed by atoms with Crippen LogP contribution in [0.1, 0.15) is 53.2 Å². The van der Waals surface area contributed by atoms with E-state index in [0.29, 0.717) is 30.2 Å². The summed E-state index contributed by atoms with van der Waals surface area (Å²) >= 11 is 1.71. The van der Waals surface area contributed by atoms with E-state index in [1.54, 1.807) is 23.3 Å². The van der Waals surface area contributed by atoms with Gasteiger partial charge in [0.1, 0.15) is 13.2 Å². The SMILES string of the molecule is COc1ccccc1OC[C@@H]1c2ccsc2CCN1C(=O)CN(C(=O)c1ccc(C)cc1)C(C)(C)C. The minimum absolute atomic E-state index is 0.000832. The maximum Gasteiger partial charge on any atom is 0.254 e. The molecule has 4 rings (SSSR count). The lowest BCUT2D eigenvalue weighted by Crippen LogP contribution is -2.53. The number of ether oxygens (including phenoxy) is 2. The van der Waals surface area contributed by atoms with E-state index in [1.807, 2.05) is 81.1 Å². The lowest BCUT2D eigenvalue weighted by molar-refractivity contribution is -0.136. The number of rotatable bonds is 7. The molecule has 0 radical (unpaired) electrons. The number of hydrogen-bond acceptors (Lipinski definition) is 5. The number of aryl methyl sites for hydroxylation is 1. The zero-order valence-electron chi connectivity index (χ0n) is 21.6. The number of amides is 2. The molecule has 0 aliphatic carbocycles. The Balaban J connectivity index is 1.57. The van der Waals surface area contributed by atoms with Crippen LogP contribution in [0.4, 0.5) is 0 Å². The van der Waals surface area contributed by atoms with Crippen LogP contribution in [0.5, 0.6) is 11.5 Å². The molecule has 1 aromatic heterocycles. The Morgan fingerprint density at radius 1 is 1.06 bits per heavy atom. The molecule has 0 saturated carbocycles. The van der Waals surface area contributed by atoms with Gasteiger partial charge in [-0.05, 0) is 75.4 Å². The van der Waals surface area contributed by atoms with Crippen LogP contribution in [0.15, 0.2) is 60.0 Å². The Morgan fingerprint density at radius 3 is 2.42 bits per heavy atom. The lowest BCUT2D eigenvalue weighted by Gasteiger charge is -2.40. The topological polar surface area (TPSA) is 59.1 Å². The van der Waals surface area contributed by atoms with Crippen LogP contribution in [-0.2, 0) is 11.2 Å². The number of hydrogen-bond donors (Lipinski definition) is 0. The van der Waals surface area contributed by atoms with Gasteiger partial charge in [0.2, 0.25) is 5.91 Å². The highest BCUT2D eigenvalue weighted by atomic mass is 32.1. The minimum Gasteiger partial charge on any atom is -0.493 e. The van der Waals surface area contributed by atoms with Crippen molar-refractivity contribution in [3.05, 3.63) is 81.5 Å². The summed E-state index contributed by atoms with van der Waals surface area (Å²) in [5.41, 5.74) is 2.26. The van der Waals surface area contributed by atoms with Crippen LogP contribution in [-0.4, -0.2) is 54.0 Å². The van der Waals surface area contributed by atoms with Gasteiger partial charge >= 0.3 is 0 Å². The van der Waals surface area contributed by atoms with Crippen LogP contribution in [0, 0.1) is 6.92 Å². The summed E-state index contributed by atoms with van der Waals surface area (Å²) in [6.45, 7) is 8.76. The van der Waals surface area contributed by atoms with E-state index in [9.17, 15) is 9.59 Å². The van der Waals surface area contributed by atoms with Gasteiger partial charge in [-0.1, -0.05) is 29.8 Å². The van der Waals surface area contributed by atoms with E-state index in [0.717, 1.165) is 17.5 Å². The van der Waals surface area contributed by atoms with Crippen molar-refractivity contribution in [2.75, 3.05) is 26.8 Å². The van der Waals surface area contributed by atoms with Gasteiger partial charge in [0.05, 0.1) is 13.2 Å². The summed E-state index contributed by atoms with van der Waals surface area (Å²) in [5, 5.41) is 2.07. The first-order valence-electron chi connectivity index (χ1n) is 12.2. The van der Waals surface area contributed by atoms with E-state index in [-0.39, 0.29) is 24.4 Å². The van der Waals surface area contributed by atoms with Crippen molar-refractivity contribution in [1.29, 1.82) is 0 Å². The Bertz CT molecular complexity index is 1210.